The molecule has 1 aliphatic heterocycles. The zero-order chi connectivity index (χ0) is 19.9. The van der Waals surface area contributed by atoms with Gasteiger partial charge in [-0.25, -0.2) is 4.79 Å². The van der Waals surface area contributed by atoms with Gasteiger partial charge in [-0.15, -0.1) is 0 Å². The van der Waals surface area contributed by atoms with Crippen molar-refractivity contribution >= 4 is 18.0 Å². The first-order valence-corrected chi connectivity index (χ1v) is 9.08. The molecule has 2 aromatic rings. The summed E-state index contributed by atoms with van der Waals surface area (Å²) in [7, 11) is 1.52. The Bertz CT molecular complexity index is 867. The van der Waals surface area contributed by atoms with Gasteiger partial charge in [-0.05, 0) is 30.7 Å². The summed E-state index contributed by atoms with van der Waals surface area (Å²) in [6.45, 7) is 3.86. The summed E-state index contributed by atoms with van der Waals surface area (Å²) in [6, 6.07) is 12.6. The van der Waals surface area contributed by atoms with E-state index in [1.807, 2.05) is 31.2 Å². The van der Waals surface area contributed by atoms with Gasteiger partial charge in [-0.3, -0.25) is 4.79 Å². The van der Waals surface area contributed by atoms with E-state index >= 15 is 0 Å². The molecule has 0 N–H and O–H groups in total. The highest BCUT2D eigenvalue weighted by atomic mass is 16.6. The number of ether oxygens (including phenoxy) is 3. The number of aryl methyl sites for hydroxylation is 1. The molecular formula is C22H23NO5. The van der Waals surface area contributed by atoms with Gasteiger partial charge in [0.1, 0.15) is 11.5 Å². The van der Waals surface area contributed by atoms with E-state index in [0.29, 0.717) is 37.6 Å². The molecule has 0 aliphatic carbocycles. The van der Waals surface area contributed by atoms with Crippen LogP contribution in [0, 0.1) is 6.92 Å². The molecule has 2 aromatic carbocycles. The molecule has 0 unspecified atom stereocenters. The van der Waals surface area contributed by atoms with E-state index in [1.165, 1.54) is 13.2 Å². The molecule has 6 heteroatoms. The fourth-order valence-corrected chi connectivity index (χ4v) is 2.76. The van der Waals surface area contributed by atoms with Gasteiger partial charge >= 0.3 is 6.09 Å². The van der Waals surface area contributed by atoms with Crippen molar-refractivity contribution in [2.24, 2.45) is 0 Å². The summed E-state index contributed by atoms with van der Waals surface area (Å²) < 4.78 is 16.0. The number of hydrogen-bond donors (Lipinski definition) is 0. The van der Waals surface area contributed by atoms with Crippen LogP contribution in [0.2, 0.25) is 0 Å². The Kier molecular flexibility index (Phi) is 6.45. The van der Waals surface area contributed by atoms with E-state index in [2.05, 4.69) is 0 Å². The molecule has 3 rings (SSSR count). The number of morpholine rings is 1. The van der Waals surface area contributed by atoms with Crippen LogP contribution in [0.5, 0.6) is 11.5 Å². The van der Waals surface area contributed by atoms with Gasteiger partial charge in [0.15, 0.2) is 5.78 Å². The molecule has 1 fully saturated rings. The fourth-order valence-electron chi connectivity index (χ4n) is 2.76. The van der Waals surface area contributed by atoms with Crippen molar-refractivity contribution in [2.45, 2.75) is 6.92 Å². The number of nitrogens with zero attached hydrogens (tertiary/aromatic N) is 1. The van der Waals surface area contributed by atoms with Crippen molar-refractivity contribution in [1.29, 1.82) is 0 Å². The number of rotatable bonds is 5. The zero-order valence-electron chi connectivity index (χ0n) is 16.0. The van der Waals surface area contributed by atoms with Crippen LogP contribution in [0.3, 0.4) is 0 Å². The van der Waals surface area contributed by atoms with Crippen LogP contribution in [0.15, 0.2) is 48.5 Å². The Labute approximate surface area is 164 Å². The van der Waals surface area contributed by atoms with Crippen molar-refractivity contribution in [3.63, 3.8) is 0 Å². The van der Waals surface area contributed by atoms with Crippen LogP contribution in [0.25, 0.3) is 6.08 Å². The first-order chi connectivity index (χ1) is 13.6. The highest BCUT2D eigenvalue weighted by molar-refractivity contribution is 6.09. The van der Waals surface area contributed by atoms with Crippen LogP contribution < -0.4 is 9.47 Å². The van der Waals surface area contributed by atoms with Crippen molar-refractivity contribution in [2.75, 3.05) is 33.4 Å². The summed E-state index contributed by atoms with van der Waals surface area (Å²) in [5, 5.41) is 0. The Morgan fingerprint density at radius 3 is 2.46 bits per heavy atom. The lowest BCUT2D eigenvalue weighted by Crippen LogP contribution is -2.42. The molecular weight excluding hydrogens is 358 g/mol. The van der Waals surface area contributed by atoms with Gasteiger partial charge in [0.2, 0.25) is 0 Å². The molecule has 0 bridgehead atoms. The Morgan fingerprint density at radius 2 is 1.79 bits per heavy atom. The molecule has 1 saturated heterocycles. The van der Waals surface area contributed by atoms with Crippen molar-refractivity contribution in [1.82, 2.24) is 4.90 Å². The largest absolute Gasteiger partial charge is 0.497 e. The third kappa shape index (κ3) is 4.98. The Hall–Kier alpha value is -3.12. The second kappa shape index (κ2) is 9.19. The molecule has 0 aromatic heterocycles. The van der Waals surface area contributed by atoms with E-state index in [0.717, 1.165) is 11.1 Å². The van der Waals surface area contributed by atoms with E-state index in [-0.39, 0.29) is 11.5 Å². The normalized spacial score (nSPS) is 14.1. The van der Waals surface area contributed by atoms with Crippen LogP contribution in [0.1, 0.15) is 21.5 Å². The van der Waals surface area contributed by atoms with E-state index in [9.17, 15) is 9.59 Å². The second-order valence-electron chi connectivity index (χ2n) is 6.44. The van der Waals surface area contributed by atoms with Crippen molar-refractivity contribution < 1.29 is 23.8 Å². The standard InChI is InChI=1S/C22H23NO5/c1-16-3-5-17(6-4-16)7-10-20(24)19-9-8-18(26-2)15-21(19)28-22(25)23-11-13-27-14-12-23/h3-10,15H,11-14H2,1-2H3. The highest BCUT2D eigenvalue weighted by Gasteiger charge is 2.21. The van der Waals surface area contributed by atoms with Gasteiger partial charge in [0.25, 0.3) is 0 Å². The molecule has 1 heterocycles. The predicted molar refractivity (Wildman–Crippen MR) is 106 cm³/mol. The highest BCUT2D eigenvalue weighted by Crippen LogP contribution is 2.26. The molecule has 0 atom stereocenters. The summed E-state index contributed by atoms with van der Waals surface area (Å²) in [4.78, 5) is 26.7. The summed E-state index contributed by atoms with van der Waals surface area (Å²) in [5.41, 5.74) is 2.36. The van der Waals surface area contributed by atoms with Crippen LogP contribution in [-0.2, 0) is 4.74 Å². The molecule has 28 heavy (non-hydrogen) atoms. The minimum Gasteiger partial charge on any atom is -0.497 e. The predicted octanol–water partition coefficient (Wildman–Crippen LogP) is 3.73. The quantitative estimate of drug-likeness (QED) is 0.583. The average Bonchev–Trinajstić information content (AvgIpc) is 2.73. The number of hydrogen-bond acceptors (Lipinski definition) is 5. The van der Waals surface area contributed by atoms with E-state index in [1.54, 1.807) is 29.2 Å². The number of methoxy groups -OCH3 is 1. The number of carbonyl (C=O) groups excluding carboxylic acids is 2. The molecule has 0 radical (unpaired) electrons. The van der Waals surface area contributed by atoms with E-state index in [4.69, 9.17) is 14.2 Å². The maximum atomic E-state index is 12.7. The average molecular weight is 381 g/mol. The minimum absolute atomic E-state index is 0.175. The lowest BCUT2D eigenvalue weighted by molar-refractivity contribution is 0.0415. The molecule has 6 nitrogen and oxygen atoms in total. The number of carbonyl (C=O) groups is 2. The second-order valence-corrected chi connectivity index (χ2v) is 6.44. The molecule has 1 aliphatic rings. The topological polar surface area (TPSA) is 65.1 Å². The van der Waals surface area contributed by atoms with Gasteiger partial charge in [0, 0.05) is 19.2 Å². The fraction of sp³-hybridized carbons (Fsp3) is 0.273. The lowest BCUT2D eigenvalue weighted by Gasteiger charge is -2.26. The van der Waals surface area contributed by atoms with E-state index < -0.39 is 6.09 Å². The lowest BCUT2D eigenvalue weighted by atomic mass is 10.1. The van der Waals surface area contributed by atoms with Crippen molar-refractivity contribution in [3.8, 4) is 11.5 Å². The summed E-state index contributed by atoms with van der Waals surface area (Å²) >= 11 is 0. The molecule has 0 saturated carbocycles. The van der Waals surface area contributed by atoms with Gasteiger partial charge in [0.05, 0.1) is 25.9 Å². The molecule has 146 valence electrons. The third-order valence-corrected chi connectivity index (χ3v) is 4.43. The smallest absolute Gasteiger partial charge is 0.415 e. The summed E-state index contributed by atoms with van der Waals surface area (Å²) in [6.07, 6.45) is 2.70. The number of amides is 1. The zero-order valence-corrected chi connectivity index (χ0v) is 16.0. The monoisotopic (exact) mass is 381 g/mol. The summed E-state index contributed by atoms with van der Waals surface area (Å²) in [5.74, 6) is 0.422. The van der Waals surface area contributed by atoms with Gasteiger partial charge in [-0.2, -0.15) is 0 Å². The third-order valence-electron chi connectivity index (χ3n) is 4.43. The van der Waals surface area contributed by atoms with Gasteiger partial charge in [-0.1, -0.05) is 35.9 Å². The number of benzene rings is 2. The number of allylic oxidation sites excluding steroid dienone is 1. The first kappa shape index (κ1) is 19.6. The Balaban J connectivity index is 1.80. The van der Waals surface area contributed by atoms with Crippen molar-refractivity contribution in [3.05, 3.63) is 65.2 Å². The molecule has 1 amide bonds. The maximum Gasteiger partial charge on any atom is 0.415 e. The molecule has 0 spiro atoms. The maximum absolute atomic E-state index is 12.7. The minimum atomic E-state index is -0.506. The van der Waals surface area contributed by atoms with Crippen LogP contribution >= 0.6 is 0 Å². The number of ketones is 1. The van der Waals surface area contributed by atoms with Crippen LogP contribution in [-0.4, -0.2) is 50.2 Å². The van der Waals surface area contributed by atoms with Crippen LogP contribution in [0.4, 0.5) is 4.79 Å². The first-order valence-electron chi connectivity index (χ1n) is 9.08. The Morgan fingerprint density at radius 1 is 1.07 bits per heavy atom. The SMILES string of the molecule is COc1ccc(C(=O)C=Cc2ccc(C)cc2)c(OC(=O)N2CCOCC2)c1. The van der Waals surface area contributed by atoms with Gasteiger partial charge < -0.3 is 19.1 Å².